The molecule has 0 saturated carbocycles. The van der Waals surface area contributed by atoms with Gasteiger partial charge in [0.15, 0.2) is 5.82 Å². The van der Waals surface area contributed by atoms with E-state index >= 15 is 0 Å². The van der Waals surface area contributed by atoms with E-state index in [0.717, 1.165) is 40.6 Å². The number of aryl methyl sites for hydroxylation is 3. The second kappa shape index (κ2) is 8.06. The summed E-state index contributed by atoms with van der Waals surface area (Å²) in [7, 11) is 0. The predicted molar refractivity (Wildman–Crippen MR) is 117 cm³/mol. The van der Waals surface area contributed by atoms with Gasteiger partial charge >= 0.3 is 0 Å². The Labute approximate surface area is 181 Å². The Kier molecular flexibility index (Phi) is 5.61. The number of aromatic nitrogens is 3. The Morgan fingerprint density at radius 3 is 2.57 bits per heavy atom. The minimum Gasteiger partial charge on any atom is -0.328 e. The third kappa shape index (κ3) is 3.73. The molecule has 2 aromatic rings. The smallest absolute Gasteiger partial charge is 0.266 e. The molecule has 0 bridgehead atoms. The summed E-state index contributed by atoms with van der Waals surface area (Å²) in [6.45, 7) is 11.3. The summed E-state index contributed by atoms with van der Waals surface area (Å²) in [5, 5.41) is 0.898. The highest BCUT2D eigenvalue weighted by molar-refractivity contribution is 7.13. The fourth-order valence-electron chi connectivity index (χ4n) is 4.44. The fraction of sp³-hybridized carbons (Fsp3) is 0.591. The lowest BCUT2D eigenvalue weighted by Gasteiger charge is -2.32. The molecule has 2 aliphatic heterocycles. The van der Waals surface area contributed by atoms with Gasteiger partial charge in [0.25, 0.3) is 5.91 Å². The van der Waals surface area contributed by atoms with Crippen LogP contribution in [0.1, 0.15) is 76.6 Å². The van der Waals surface area contributed by atoms with E-state index in [0.29, 0.717) is 42.6 Å². The van der Waals surface area contributed by atoms with E-state index in [1.165, 1.54) is 11.3 Å². The Hall–Kier alpha value is -2.35. The highest BCUT2D eigenvalue weighted by Crippen LogP contribution is 2.36. The number of carbonyl (C=O) groups excluding carboxylic acids is 2. The SMILES string of the molecule is Cc1nc(C)c(C(=O)N2CCCC2c2nc(C)c3c(n2)N(CC(C)C)C(=O)CC3)s1. The Morgan fingerprint density at radius 1 is 1.13 bits per heavy atom. The lowest BCUT2D eigenvalue weighted by atomic mass is 10.0. The van der Waals surface area contributed by atoms with E-state index in [4.69, 9.17) is 9.97 Å². The van der Waals surface area contributed by atoms with Crippen molar-refractivity contribution in [3.63, 3.8) is 0 Å². The van der Waals surface area contributed by atoms with Crippen LogP contribution in [0.2, 0.25) is 0 Å². The van der Waals surface area contributed by atoms with Crippen molar-refractivity contribution in [3.05, 3.63) is 32.7 Å². The molecule has 1 unspecified atom stereocenters. The summed E-state index contributed by atoms with van der Waals surface area (Å²) in [5.41, 5.74) is 2.76. The molecule has 160 valence electrons. The number of thiazole rings is 1. The maximum atomic E-state index is 13.3. The van der Waals surface area contributed by atoms with Gasteiger partial charge in [0.1, 0.15) is 10.7 Å². The molecule has 1 atom stereocenters. The quantitative estimate of drug-likeness (QED) is 0.742. The van der Waals surface area contributed by atoms with Crippen molar-refractivity contribution in [2.45, 2.75) is 66.3 Å². The highest BCUT2D eigenvalue weighted by atomic mass is 32.1. The van der Waals surface area contributed by atoms with Crippen LogP contribution in [-0.4, -0.2) is 44.8 Å². The molecule has 4 rings (SSSR count). The summed E-state index contributed by atoms with van der Waals surface area (Å²) in [6, 6.07) is -0.166. The van der Waals surface area contributed by atoms with Gasteiger partial charge in [-0.1, -0.05) is 13.8 Å². The summed E-state index contributed by atoms with van der Waals surface area (Å²) >= 11 is 1.44. The first kappa shape index (κ1) is 20.9. The van der Waals surface area contributed by atoms with Gasteiger partial charge in [-0.05, 0) is 46.0 Å². The van der Waals surface area contributed by atoms with Crippen LogP contribution in [0.25, 0.3) is 0 Å². The molecule has 2 aromatic heterocycles. The molecule has 7 nitrogen and oxygen atoms in total. The normalized spacial score (nSPS) is 19.0. The second-order valence-corrected chi connectivity index (χ2v) is 9.87. The van der Waals surface area contributed by atoms with Crippen LogP contribution < -0.4 is 4.90 Å². The molecule has 8 heteroatoms. The number of anilines is 1. The minimum absolute atomic E-state index is 0.00897. The summed E-state index contributed by atoms with van der Waals surface area (Å²) in [5.74, 6) is 1.87. The third-order valence-corrected chi connectivity index (χ3v) is 6.87. The zero-order chi connectivity index (χ0) is 21.6. The van der Waals surface area contributed by atoms with E-state index in [-0.39, 0.29) is 17.9 Å². The molecule has 0 aromatic carbocycles. The van der Waals surface area contributed by atoms with Gasteiger partial charge in [-0.15, -0.1) is 11.3 Å². The van der Waals surface area contributed by atoms with Gasteiger partial charge in [0, 0.05) is 30.8 Å². The van der Waals surface area contributed by atoms with Crippen molar-refractivity contribution in [3.8, 4) is 0 Å². The standard InChI is InChI=1S/C22H29N5O2S/c1-12(2)11-27-18(28)9-8-16-13(3)24-20(25-21(16)27)17-7-6-10-26(17)22(29)19-14(4)23-15(5)30-19/h12,17H,6-11H2,1-5H3. The molecule has 0 spiro atoms. The number of fused-ring (bicyclic) bond motifs is 1. The van der Waals surface area contributed by atoms with Gasteiger partial charge in [-0.2, -0.15) is 0 Å². The molecular formula is C22H29N5O2S. The van der Waals surface area contributed by atoms with Crippen molar-refractivity contribution >= 4 is 29.0 Å². The number of rotatable bonds is 4. The third-order valence-electron chi connectivity index (χ3n) is 5.81. The molecule has 2 aliphatic rings. The minimum atomic E-state index is -0.166. The topological polar surface area (TPSA) is 79.3 Å². The lowest BCUT2D eigenvalue weighted by Crippen LogP contribution is -2.40. The Balaban J connectivity index is 1.70. The summed E-state index contributed by atoms with van der Waals surface area (Å²) < 4.78 is 0. The van der Waals surface area contributed by atoms with E-state index in [1.54, 1.807) is 0 Å². The van der Waals surface area contributed by atoms with Crippen LogP contribution in [0.4, 0.5) is 5.82 Å². The molecule has 1 fully saturated rings. The Bertz CT molecular complexity index is 1000. The van der Waals surface area contributed by atoms with Crippen molar-refractivity contribution in [1.82, 2.24) is 19.9 Å². The maximum Gasteiger partial charge on any atom is 0.266 e. The van der Waals surface area contributed by atoms with Crippen molar-refractivity contribution in [2.75, 3.05) is 18.0 Å². The van der Waals surface area contributed by atoms with Crippen LogP contribution in [0.5, 0.6) is 0 Å². The van der Waals surface area contributed by atoms with E-state index in [2.05, 4.69) is 18.8 Å². The molecule has 0 radical (unpaired) electrons. The van der Waals surface area contributed by atoms with Gasteiger partial charge in [-0.25, -0.2) is 15.0 Å². The predicted octanol–water partition coefficient (Wildman–Crippen LogP) is 3.77. The van der Waals surface area contributed by atoms with Crippen LogP contribution in [0.3, 0.4) is 0 Å². The number of amides is 2. The molecule has 0 aliphatic carbocycles. The molecule has 1 saturated heterocycles. The van der Waals surface area contributed by atoms with E-state index in [1.807, 2.05) is 30.6 Å². The number of hydrogen-bond acceptors (Lipinski definition) is 6. The van der Waals surface area contributed by atoms with Gasteiger partial charge in [0.05, 0.1) is 16.7 Å². The molecule has 0 N–H and O–H groups in total. The Morgan fingerprint density at radius 2 is 1.90 bits per heavy atom. The maximum absolute atomic E-state index is 13.3. The summed E-state index contributed by atoms with van der Waals surface area (Å²) in [6.07, 6.45) is 2.93. The summed E-state index contributed by atoms with van der Waals surface area (Å²) in [4.78, 5) is 44.4. The molecule has 4 heterocycles. The lowest BCUT2D eigenvalue weighted by molar-refractivity contribution is -0.119. The molecular weight excluding hydrogens is 398 g/mol. The average molecular weight is 428 g/mol. The number of hydrogen-bond donors (Lipinski definition) is 0. The van der Waals surface area contributed by atoms with Gasteiger partial charge in [-0.3, -0.25) is 14.5 Å². The fourth-order valence-corrected chi connectivity index (χ4v) is 5.32. The number of nitrogens with zero attached hydrogens (tertiary/aromatic N) is 5. The first-order valence-corrected chi connectivity index (χ1v) is 11.5. The van der Waals surface area contributed by atoms with Crippen LogP contribution in [0, 0.1) is 26.7 Å². The van der Waals surface area contributed by atoms with Crippen molar-refractivity contribution < 1.29 is 9.59 Å². The average Bonchev–Trinajstić information content (AvgIpc) is 3.29. The van der Waals surface area contributed by atoms with E-state index in [9.17, 15) is 9.59 Å². The zero-order valence-electron chi connectivity index (χ0n) is 18.4. The van der Waals surface area contributed by atoms with Crippen LogP contribution in [0.15, 0.2) is 0 Å². The van der Waals surface area contributed by atoms with Gasteiger partial charge in [0.2, 0.25) is 5.91 Å². The monoisotopic (exact) mass is 427 g/mol. The van der Waals surface area contributed by atoms with Gasteiger partial charge < -0.3 is 4.90 Å². The largest absolute Gasteiger partial charge is 0.328 e. The second-order valence-electron chi connectivity index (χ2n) is 8.67. The molecule has 2 amide bonds. The first-order chi connectivity index (χ1) is 14.3. The number of likely N-dealkylation sites (tertiary alicyclic amines) is 1. The zero-order valence-corrected chi connectivity index (χ0v) is 19.2. The highest BCUT2D eigenvalue weighted by Gasteiger charge is 2.36. The van der Waals surface area contributed by atoms with E-state index < -0.39 is 0 Å². The first-order valence-electron chi connectivity index (χ1n) is 10.7. The van der Waals surface area contributed by atoms with Crippen LogP contribution in [-0.2, 0) is 11.2 Å². The van der Waals surface area contributed by atoms with Crippen molar-refractivity contribution in [1.29, 1.82) is 0 Å². The van der Waals surface area contributed by atoms with Crippen LogP contribution >= 0.6 is 11.3 Å². The molecule has 30 heavy (non-hydrogen) atoms. The number of carbonyl (C=O) groups is 2. The van der Waals surface area contributed by atoms with Crippen molar-refractivity contribution in [2.24, 2.45) is 5.92 Å².